The number of unbranched alkanes of at least 4 members (excludes halogenated alkanes) is 3. The molecule has 1 aliphatic heterocycles. The summed E-state index contributed by atoms with van der Waals surface area (Å²) in [5.41, 5.74) is 0. The zero-order valence-corrected chi connectivity index (χ0v) is 17.2. The van der Waals surface area contributed by atoms with E-state index in [0.29, 0.717) is 0 Å². The van der Waals surface area contributed by atoms with Crippen LogP contribution < -0.4 is 0 Å². The molecule has 0 atom stereocenters. The first-order chi connectivity index (χ1) is 10.9. The van der Waals surface area contributed by atoms with Gasteiger partial charge in [0, 0.05) is 13.7 Å². The van der Waals surface area contributed by atoms with Crippen molar-refractivity contribution in [2.75, 3.05) is 33.4 Å². The first kappa shape index (κ1) is 26.8. The highest BCUT2D eigenvalue weighted by molar-refractivity contribution is 4.71. The molecule has 0 saturated carbocycles. The zero-order chi connectivity index (χ0) is 17.6. The smallest absolute Gasteiger partial charge is 0.0462 e. The lowest BCUT2D eigenvalue weighted by atomic mass is 9.94. The molecule has 0 unspecified atom stereocenters. The predicted octanol–water partition coefficient (Wildman–Crippen LogP) is 6.39. The molecule has 1 fully saturated rings. The number of likely N-dealkylation sites (tertiary alicyclic amines) is 1. The maximum atomic E-state index is 5.05. The van der Waals surface area contributed by atoms with Crippen LogP contribution >= 0.6 is 0 Å². The highest BCUT2D eigenvalue weighted by Crippen LogP contribution is 2.20. The van der Waals surface area contributed by atoms with Crippen molar-refractivity contribution in [1.82, 2.24) is 4.90 Å². The molecule has 0 radical (unpaired) electrons. The Morgan fingerprint density at radius 1 is 0.818 bits per heavy atom. The number of hydrogen-bond acceptors (Lipinski definition) is 2. The van der Waals surface area contributed by atoms with Crippen LogP contribution in [0.15, 0.2) is 0 Å². The second-order valence-electron chi connectivity index (χ2n) is 5.10. The Balaban J connectivity index is -0.000000535. The molecule has 0 aromatic heterocycles. The van der Waals surface area contributed by atoms with Gasteiger partial charge in [0.15, 0.2) is 0 Å². The molecule has 0 aliphatic carbocycles. The third-order valence-electron chi connectivity index (χ3n) is 3.86. The second-order valence-corrected chi connectivity index (χ2v) is 5.10. The number of rotatable bonds is 8. The Morgan fingerprint density at radius 3 is 1.77 bits per heavy atom. The maximum absolute atomic E-state index is 5.05. The molecule has 2 heteroatoms. The summed E-state index contributed by atoms with van der Waals surface area (Å²) in [7, 11) is 1.79. The van der Waals surface area contributed by atoms with Crippen molar-refractivity contribution in [2.24, 2.45) is 5.92 Å². The number of hydrogen-bond donors (Lipinski definition) is 0. The molecule has 1 heterocycles. The third kappa shape index (κ3) is 18.0. The van der Waals surface area contributed by atoms with Crippen LogP contribution in [0.1, 0.15) is 93.4 Å². The molecule has 0 bridgehead atoms. The van der Waals surface area contributed by atoms with E-state index in [4.69, 9.17) is 4.74 Å². The number of piperidine rings is 1. The van der Waals surface area contributed by atoms with Gasteiger partial charge in [-0.1, -0.05) is 67.7 Å². The summed E-state index contributed by atoms with van der Waals surface area (Å²) in [6.07, 6.45) is 9.55. The lowest BCUT2D eigenvalue weighted by Gasteiger charge is -2.31. The monoisotopic (exact) mass is 317 g/mol. The van der Waals surface area contributed by atoms with Crippen molar-refractivity contribution in [3.63, 3.8) is 0 Å². The largest absolute Gasteiger partial charge is 0.385 e. The van der Waals surface area contributed by atoms with Crippen molar-refractivity contribution >= 4 is 0 Å². The molecular formula is C20H47NO. The summed E-state index contributed by atoms with van der Waals surface area (Å²) < 4.78 is 5.05. The van der Waals surface area contributed by atoms with Gasteiger partial charge in [0.25, 0.3) is 0 Å². The lowest BCUT2D eigenvalue weighted by Crippen LogP contribution is -2.34. The van der Waals surface area contributed by atoms with Gasteiger partial charge < -0.3 is 9.64 Å². The van der Waals surface area contributed by atoms with Gasteiger partial charge in [-0.05, 0) is 51.2 Å². The van der Waals surface area contributed by atoms with Gasteiger partial charge >= 0.3 is 0 Å². The van der Waals surface area contributed by atoms with E-state index in [0.717, 1.165) is 12.5 Å². The molecule has 22 heavy (non-hydrogen) atoms. The van der Waals surface area contributed by atoms with Gasteiger partial charge in [0.05, 0.1) is 0 Å². The van der Waals surface area contributed by atoms with Crippen LogP contribution in [0, 0.1) is 5.92 Å². The van der Waals surface area contributed by atoms with Crippen LogP contribution in [0.5, 0.6) is 0 Å². The molecular weight excluding hydrogens is 270 g/mol. The van der Waals surface area contributed by atoms with Crippen molar-refractivity contribution in [3.8, 4) is 0 Å². The number of methoxy groups -OCH3 is 1. The second kappa shape index (κ2) is 25.9. The molecule has 1 rings (SSSR count). The van der Waals surface area contributed by atoms with E-state index in [9.17, 15) is 0 Å². The zero-order valence-electron chi connectivity index (χ0n) is 17.2. The van der Waals surface area contributed by atoms with E-state index in [1.165, 1.54) is 64.6 Å². The van der Waals surface area contributed by atoms with Gasteiger partial charge in [0.1, 0.15) is 0 Å². The Morgan fingerprint density at radius 2 is 1.32 bits per heavy atom. The van der Waals surface area contributed by atoms with Crippen LogP contribution in [-0.2, 0) is 4.74 Å². The standard InChI is InChI=1S/C14H29NO.3C2H6/c1-3-14-8-11-15(12-9-14)10-6-4-5-7-13-16-2;3*1-2/h14H,3-13H2,1-2H3;3*1-2H3. The van der Waals surface area contributed by atoms with Crippen molar-refractivity contribution in [3.05, 3.63) is 0 Å². The van der Waals surface area contributed by atoms with E-state index in [2.05, 4.69) is 11.8 Å². The SMILES string of the molecule is CC.CC.CC.CCC1CCN(CCCCCCOC)CC1. The van der Waals surface area contributed by atoms with E-state index < -0.39 is 0 Å². The highest BCUT2D eigenvalue weighted by Gasteiger charge is 2.16. The fourth-order valence-electron chi connectivity index (χ4n) is 2.55. The fraction of sp³-hybridized carbons (Fsp3) is 1.00. The van der Waals surface area contributed by atoms with Gasteiger partial charge in [-0.3, -0.25) is 0 Å². The van der Waals surface area contributed by atoms with Crippen LogP contribution in [0.2, 0.25) is 0 Å². The summed E-state index contributed by atoms with van der Waals surface area (Å²) in [5, 5.41) is 0. The van der Waals surface area contributed by atoms with Gasteiger partial charge in [-0.2, -0.15) is 0 Å². The Hall–Kier alpha value is -0.0800. The lowest BCUT2D eigenvalue weighted by molar-refractivity contribution is 0.175. The van der Waals surface area contributed by atoms with E-state index in [1.807, 2.05) is 41.5 Å². The molecule has 0 spiro atoms. The highest BCUT2D eigenvalue weighted by atomic mass is 16.5. The van der Waals surface area contributed by atoms with Crippen LogP contribution in [0.4, 0.5) is 0 Å². The molecule has 0 amide bonds. The molecule has 0 aromatic carbocycles. The molecule has 138 valence electrons. The van der Waals surface area contributed by atoms with Gasteiger partial charge in [-0.25, -0.2) is 0 Å². The van der Waals surface area contributed by atoms with Crippen molar-refractivity contribution in [1.29, 1.82) is 0 Å². The summed E-state index contributed by atoms with van der Waals surface area (Å²) in [6.45, 7) is 19.3. The van der Waals surface area contributed by atoms with E-state index in [1.54, 1.807) is 7.11 Å². The van der Waals surface area contributed by atoms with E-state index in [-0.39, 0.29) is 0 Å². The summed E-state index contributed by atoms with van der Waals surface area (Å²) >= 11 is 0. The normalized spacial score (nSPS) is 14.7. The predicted molar refractivity (Wildman–Crippen MR) is 104 cm³/mol. The molecule has 1 aliphatic rings. The number of ether oxygens (including phenoxy) is 1. The van der Waals surface area contributed by atoms with Crippen LogP contribution in [0.3, 0.4) is 0 Å². The van der Waals surface area contributed by atoms with Crippen molar-refractivity contribution in [2.45, 2.75) is 93.4 Å². The molecule has 0 N–H and O–H groups in total. The first-order valence-electron chi connectivity index (χ1n) is 10.1. The summed E-state index contributed by atoms with van der Waals surface area (Å²) in [5.74, 6) is 1.01. The third-order valence-corrected chi connectivity index (χ3v) is 3.86. The van der Waals surface area contributed by atoms with Crippen LogP contribution in [-0.4, -0.2) is 38.3 Å². The maximum Gasteiger partial charge on any atom is 0.0462 e. The molecule has 1 saturated heterocycles. The average Bonchev–Trinajstić information content (AvgIpc) is 2.63. The molecule has 0 aromatic rings. The topological polar surface area (TPSA) is 12.5 Å². The minimum absolute atomic E-state index is 0.932. The number of nitrogens with zero attached hydrogens (tertiary/aromatic N) is 1. The van der Waals surface area contributed by atoms with Gasteiger partial charge in [0.2, 0.25) is 0 Å². The van der Waals surface area contributed by atoms with E-state index >= 15 is 0 Å². The van der Waals surface area contributed by atoms with Gasteiger partial charge in [-0.15, -0.1) is 0 Å². The Kier molecular flexibility index (Phi) is 31.5. The Labute approximate surface area is 143 Å². The average molecular weight is 318 g/mol. The fourth-order valence-corrected chi connectivity index (χ4v) is 2.55. The van der Waals surface area contributed by atoms with Crippen LogP contribution in [0.25, 0.3) is 0 Å². The minimum atomic E-state index is 0.932. The summed E-state index contributed by atoms with van der Waals surface area (Å²) in [4.78, 5) is 2.66. The Bertz CT molecular complexity index is 154. The van der Waals surface area contributed by atoms with Crippen molar-refractivity contribution < 1.29 is 4.74 Å². The quantitative estimate of drug-likeness (QED) is 0.481. The molecule has 2 nitrogen and oxygen atoms in total. The first-order valence-corrected chi connectivity index (χ1v) is 10.1. The minimum Gasteiger partial charge on any atom is -0.385 e. The summed E-state index contributed by atoms with van der Waals surface area (Å²) in [6, 6.07) is 0.